The average molecular weight is 398 g/mol. The van der Waals surface area contributed by atoms with Crippen molar-refractivity contribution in [3.8, 4) is 0 Å². The minimum atomic E-state index is -1.16. The Morgan fingerprint density at radius 2 is 1.78 bits per heavy atom. The molecule has 2 aromatic rings. The molecular weight excluding hydrogens is 384 g/mol. The number of carbonyl (C=O) groups is 3. The van der Waals surface area contributed by atoms with Crippen LogP contribution >= 0.6 is 24.0 Å². The normalized spacial score (nSPS) is 15.3. The van der Waals surface area contributed by atoms with Gasteiger partial charge in [0.05, 0.1) is 16.2 Å². The number of nitrogens with one attached hydrogen (secondary N) is 1. The van der Waals surface area contributed by atoms with E-state index in [2.05, 4.69) is 5.32 Å². The topological polar surface area (TPSA) is 86.7 Å². The van der Waals surface area contributed by atoms with Gasteiger partial charge in [0.15, 0.2) is 4.32 Å². The second-order valence-corrected chi connectivity index (χ2v) is 7.20. The smallest absolute Gasteiger partial charge is 0.322 e. The van der Waals surface area contributed by atoms with E-state index >= 15 is 0 Å². The van der Waals surface area contributed by atoms with Gasteiger partial charge in [-0.1, -0.05) is 66.4 Å². The van der Waals surface area contributed by atoms with E-state index in [1.807, 2.05) is 30.3 Å². The van der Waals surface area contributed by atoms with Crippen molar-refractivity contribution < 1.29 is 19.5 Å². The number of thioether (sulfide) groups is 1. The van der Waals surface area contributed by atoms with Crippen LogP contribution in [0.15, 0.2) is 59.5 Å². The SMILES string of the molecule is O=C(O)CNC(=O)c1ccccc1N1C(=O)C(=Cc2ccccc2)SC1=S. The first-order valence-electron chi connectivity index (χ1n) is 7.89. The lowest BCUT2D eigenvalue weighted by molar-refractivity contribution is -0.135. The van der Waals surface area contributed by atoms with Crippen LogP contribution in [-0.2, 0) is 9.59 Å². The number of aliphatic carboxylic acids is 1. The molecular formula is C19H14N2O4S2. The Kier molecular flexibility index (Phi) is 5.68. The molecule has 1 saturated heterocycles. The van der Waals surface area contributed by atoms with Crippen LogP contribution in [0.3, 0.4) is 0 Å². The van der Waals surface area contributed by atoms with E-state index in [0.717, 1.165) is 17.3 Å². The Hall–Kier alpha value is -2.97. The summed E-state index contributed by atoms with van der Waals surface area (Å²) in [5, 5.41) is 11.0. The van der Waals surface area contributed by atoms with Crippen LogP contribution in [0, 0.1) is 0 Å². The number of para-hydroxylation sites is 1. The average Bonchev–Trinajstić information content (AvgIpc) is 2.93. The highest BCUT2D eigenvalue weighted by atomic mass is 32.2. The number of anilines is 1. The molecule has 1 aliphatic heterocycles. The number of carboxylic acids is 1. The van der Waals surface area contributed by atoms with Crippen molar-refractivity contribution in [1.82, 2.24) is 5.32 Å². The highest BCUT2D eigenvalue weighted by Gasteiger charge is 2.35. The highest BCUT2D eigenvalue weighted by molar-refractivity contribution is 8.27. The zero-order valence-electron chi connectivity index (χ0n) is 13.9. The molecule has 0 atom stereocenters. The third-order valence-corrected chi connectivity index (χ3v) is 4.98. The second kappa shape index (κ2) is 8.15. The van der Waals surface area contributed by atoms with Gasteiger partial charge in [-0.3, -0.25) is 19.3 Å². The zero-order valence-corrected chi connectivity index (χ0v) is 15.5. The molecule has 1 aliphatic rings. The second-order valence-electron chi connectivity index (χ2n) is 5.52. The van der Waals surface area contributed by atoms with Crippen molar-refractivity contribution in [2.45, 2.75) is 0 Å². The Morgan fingerprint density at radius 1 is 1.11 bits per heavy atom. The summed E-state index contributed by atoms with van der Waals surface area (Å²) in [5.41, 5.74) is 1.36. The quantitative estimate of drug-likeness (QED) is 0.595. The summed E-state index contributed by atoms with van der Waals surface area (Å²) in [6.45, 7) is -0.514. The molecule has 0 saturated carbocycles. The molecule has 0 unspecified atom stereocenters. The third kappa shape index (κ3) is 4.24. The van der Waals surface area contributed by atoms with Gasteiger partial charge in [0.1, 0.15) is 6.54 Å². The number of rotatable bonds is 5. The van der Waals surface area contributed by atoms with E-state index in [9.17, 15) is 14.4 Å². The summed E-state index contributed by atoms with van der Waals surface area (Å²) in [5.74, 6) is -2.07. The van der Waals surface area contributed by atoms with E-state index < -0.39 is 18.4 Å². The van der Waals surface area contributed by atoms with Crippen molar-refractivity contribution in [2.75, 3.05) is 11.4 Å². The fourth-order valence-electron chi connectivity index (χ4n) is 2.49. The molecule has 0 spiro atoms. The van der Waals surface area contributed by atoms with Gasteiger partial charge in [0.2, 0.25) is 0 Å². The van der Waals surface area contributed by atoms with Gasteiger partial charge in [0, 0.05) is 0 Å². The number of carboxylic acid groups (broad SMARTS) is 1. The van der Waals surface area contributed by atoms with E-state index in [0.29, 0.717) is 14.9 Å². The molecule has 2 amide bonds. The maximum atomic E-state index is 12.9. The lowest BCUT2D eigenvalue weighted by Gasteiger charge is -2.18. The predicted octanol–water partition coefficient (Wildman–Crippen LogP) is 2.91. The molecule has 6 nitrogen and oxygen atoms in total. The number of thiocarbonyl (C=S) groups is 1. The van der Waals surface area contributed by atoms with Gasteiger partial charge in [-0.15, -0.1) is 0 Å². The number of carbonyl (C=O) groups excluding carboxylic acids is 2. The molecule has 0 aliphatic carbocycles. The lowest BCUT2D eigenvalue weighted by Crippen LogP contribution is -2.33. The van der Waals surface area contributed by atoms with Crippen molar-refractivity contribution in [1.29, 1.82) is 0 Å². The molecule has 1 heterocycles. The van der Waals surface area contributed by atoms with Crippen LogP contribution in [0.4, 0.5) is 5.69 Å². The van der Waals surface area contributed by atoms with Crippen LogP contribution in [0.5, 0.6) is 0 Å². The summed E-state index contributed by atoms with van der Waals surface area (Å²) < 4.78 is 0.306. The Morgan fingerprint density at radius 3 is 2.48 bits per heavy atom. The largest absolute Gasteiger partial charge is 0.480 e. The van der Waals surface area contributed by atoms with Gasteiger partial charge >= 0.3 is 5.97 Å². The maximum Gasteiger partial charge on any atom is 0.322 e. The molecule has 8 heteroatoms. The van der Waals surface area contributed by atoms with Crippen LogP contribution in [-0.4, -0.2) is 33.8 Å². The molecule has 2 aromatic carbocycles. The van der Waals surface area contributed by atoms with E-state index in [1.165, 1.54) is 11.0 Å². The number of nitrogens with zero attached hydrogens (tertiary/aromatic N) is 1. The first-order chi connectivity index (χ1) is 13.0. The fourth-order valence-corrected chi connectivity index (χ4v) is 3.77. The van der Waals surface area contributed by atoms with Crippen molar-refractivity contribution in [3.63, 3.8) is 0 Å². The lowest BCUT2D eigenvalue weighted by atomic mass is 10.1. The highest BCUT2D eigenvalue weighted by Crippen LogP contribution is 2.37. The molecule has 1 fully saturated rings. The minimum absolute atomic E-state index is 0.177. The molecule has 2 N–H and O–H groups in total. The molecule has 136 valence electrons. The number of hydrogen-bond acceptors (Lipinski definition) is 5. The van der Waals surface area contributed by atoms with Gasteiger partial charge in [-0.05, 0) is 23.8 Å². The fraction of sp³-hybridized carbons (Fsp3) is 0.0526. The van der Waals surface area contributed by atoms with Gasteiger partial charge in [0.25, 0.3) is 11.8 Å². The first-order valence-corrected chi connectivity index (χ1v) is 9.12. The number of amides is 2. The summed E-state index contributed by atoms with van der Waals surface area (Å²) >= 11 is 6.50. The zero-order chi connectivity index (χ0) is 19.4. The number of benzene rings is 2. The molecule has 0 radical (unpaired) electrons. The monoisotopic (exact) mass is 398 g/mol. The first kappa shape index (κ1) is 18.8. The summed E-state index contributed by atoms with van der Waals surface area (Å²) in [6, 6.07) is 15.8. The van der Waals surface area contributed by atoms with Crippen molar-refractivity contribution >= 4 is 57.8 Å². The van der Waals surface area contributed by atoms with Crippen LogP contribution in [0.25, 0.3) is 6.08 Å². The minimum Gasteiger partial charge on any atom is -0.480 e. The standard InChI is InChI=1S/C19H14N2O4S2/c22-16(23)11-20-17(24)13-8-4-5-9-14(13)21-18(25)15(27-19(21)26)10-12-6-2-1-3-7-12/h1-10H,11H2,(H,20,24)(H,22,23). The molecule has 0 aromatic heterocycles. The Bertz CT molecular complexity index is 957. The van der Waals surface area contributed by atoms with Crippen LogP contribution in [0.1, 0.15) is 15.9 Å². The molecule has 3 rings (SSSR count). The summed E-state index contributed by atoms with van der Waals surface area (Å²) in [6.07, 6.45) is 1.74. The van der Waals surface area contributed by atoms with E-state index in [-0.39, 0.29) is 11.5 Å². The van der Waals surface area contributed by atoms with Crippen molar-refractivity contribution in [2.24, 2.45) is 0 Å². The molecule has 27 heavy (non-hydrogen) atoms. The van der Waals surface area contributed by atoms with Crippen LogP contribution < -0.4 is 10.2 Å². The predicted molar refractivity (Wildman–Crippen MR) is 109 cm³/mol. The van der Waals surface area contributed by atoms with Crippen LogP contribution in [0.2, 0.25) is 0 Å². The maximum absolute atomic E-state index is 12.9. The Balaban J connectivity index is 1.92. The Labute approximate surface area is 164 Å². The third-order valence-electron chi connectivity index (χ3n) is 3.68. The van der Waals surface area contributed by atoms with E-state index in [4.69, 9.17) is 17.3 Å². The van der Waals surface area contributed by atoms with Gasteiger partial charge in [-0.25, -0.2) is 0 Å². The van der Waals surface area contributed by atoms with E-state index in [1.54, 1.807) is 24.3 Å². The van der Waals surface area contributed by atoms with Gasteiger partial charge in [-0.2, -0.15) is 0 Å². The molecule has 0 bridgehead atoms. The van der Waals surface area contributed by atoms with Gasteiger partial charge < -0.3 is 10.4 Å². The number of hydrogen-bond donors (Lipinski definition) is 2. The summed E-state index contributed by atoms with van der Waals surface area (Å²) in [4.78, 5) is 37.7. The summed E-state index contributed by atoms with van der Waals surface area (Å²) in [7, 11) is 0. The van der Waals surface area contributed by atoms with Crippen molar-refractivity contribution in [3.05, 3.63) is 70.6 Å².